The summed E-state index contributed by atoms with van der Waals surface area (Å²) >= 11 is 0. The maximum atomic E-state index is 13.7. The Labute approximate surface area is 181 Å². The molecule has 31 heavy (non-hydrogen) atoms. The van der Waals surface area contributed by atoms with Crippen molar-refractivity contribution in [2.45, 2.75) is 33.4 Å². The van der Waals surface area contributed by atoms with Crippen LogP contribution in [0.4, 0.5) is 4.39 Å². The van der Waals surface area contributed by atoms with Crippen LogP contribution in [0.5, 0.6) is 11.5 Å². The lowest BCUT2D eigenvalue weighted by Gasteiger charge is -2.30. The van der Waals surface area contributed by atoms with Gasteiger partial charge in [-0.25, -0.2) is 4.39 Å². The smallest absolute Gasteiger partial charge is 0.258 e. The summed E-state index contributed by atoms with van der Waals surface area (Å²) in [7, 11) is 1.81. The van der Waals surface area contributed by atoms with Crippen LogP contribution in [-0.2, 0) is 26.6 Å². The van der Waals surface area contributed by atoms with Gasteiger partial charge in [-0.15, -0.1) is 0 Å². The minimum atomic E-state index is -0.273. The van der Waals surface area contributed by atoms with Gasteiger partial charge in [0.1, 0.15) is 5.82 Å². The van der Waals surface area contributed by atoms with Gasteiger partial charge >= 0.3 is 0 Å². The van der Waals surface area contributed by atoms with E-state index < -0.39 is 0 Å². The highest BCUT2D eigenvalue weighted by atomic mass is 19.1. The second-order valence-electron chi connectivity index (χ2n) is 8.05. The van der Waals surface area contributed by atoms with Gasteiger partial charge in [0.15, 0.2) is 11.5 Å². The molecule has 0 fully saturated rings. The standard InChI is InChI=1S/C25H27FN2O3/c1-4-31-24-12-17(5-8-23(24)29)14-28-10-9-22-19(15-28)13-20(25(30)27(22)3)18-6-7-21(26)16(2)11-18/h5-8,11-13,29H,4,9-10,14-15H2,1-3H3. The van der Waals surface area contributed by atoms with Gasteiger partial charge in [0.05, 0.1) is 6.61 Å². The lowest BCUT2D eigenvalue weighted by molar-refractivity contribution is 0.240. The van der Waals surface area contributed by atoms with Gasteiger partial charge in [-0.3, -0.25) is 9.69 Å². The molecule has 3 aromatic rings. The Balaban J connectivity index is 1.63. The summed E-state index contributed by atoms with van der Waals surface area (Å²) in [5, 5.41) is 9.94. The van der Waals surface area contributed by atoms with Gasteiger partial charge in [0.2, 0.25) is 0 Å². The van der Waals surface area contributed by atoms with Crippen molar-refractivity contribution >= 4 is 0 Å². The van der Waals surface area contributed by atoms with Gasteiger partial charge in [0.25, 0.3) is 5.56 Å². The van der Waals surface area contributed by atoms with E-state index in [1.165, 1.54) is 6.07 Å². The van der Waals surface area contributed by atoms with E-state index in [-0.39, 0.29) is 17.1 Å². The number of aromatic hydroxyl groups is 1. The van der Waals surface area contributed by atoms with Crippen molar-refractivity contribution in [3.8, 4) is 22.6 Å². The molecule has 0 bridgehead atoms. The summed E-state index contributed by atoms with van der Waals surface area (Å²) in [5.74, 6) is 0.364. The van der Waals surface area contributed by atoms with Crippen LogP contribution >= 0.6 is 0 Å². The summed E-state index contributed by atoms with van der Waals surface area (Å²) in [4.78, 5) is 15.3. The first-order chi connectivity index (χ1) is 14.9. The number of hydrogen-bond donors (Lipinski definition) is 1. The molecule has 1 aliphatic rings. The minimum Gasteiger partial charge on any atom is -0.504 e. The fourth-order valence-electron chi connectivity index (χ4n) is 4.23. The Morgan fingerprint density at radius 3 is 2.71 bits per heavy atom. The minimum absolute atomic E-state index is 0.0573. The van der Waals surface area contributed by atoms with Crippen molar-refractivity contribution in [3.05, 3.63) is 81.0 Å². The molecular formula is C25H27FN2O3. The number of pyridine rings is 1. The number of halogens is 1. The number of phenolic OH excluding ortho intramolecular Hbond substituents is 1. The largest absolute Gasteiger partial charge is 0.504 e. The van der Waals surface area contributed by atoms with Crippen LogP contribution < -0.4 is 10.3 Å². The van der Waals surface area contributed by atoms with Gasteiger partial charge < -0.3 is 14.4 Å². The molecule has 1 aromatic heterocycles. The predicted octanol–water partition coefficient (Wildman–Crippen LogP) is 4.16. The second kappa shape index (κ2) is 8.55. The van der Waals surface area contributed by atoms with Crippen molar-refractivity contribution in [2.24, 2.45) is 7.05 Å². The van der Waals surface area contributed by atoms with Crippen LogP contribution in [0.3, 0.4) is 0 Å². The number of benzene rings is 2. The molecule has 0 unspecified atom stereocenters. The Morgan fingerprint density at radius 1 is 1.16 bits per heavy atom. The maximum absolute atomic E-state index is 13.7. The molecule has 0 amide bonds. The Bertz CT molecular complexity index is 1190. The zero-order valence-corrected chi connectivity index (χ0v) is 18.1. The van der Waals surface area contributed by atoms with Crippen molar-refractivity contribution in [2.75, 3.05) is 13.2 Å². The number of aromatic nitrogens is 1. The first-order valence-electron chi connectivity index (χ1n) is 10.5. The summed E-state index contributed by atoms with van der Waals surface area (Å²) in [6, 6.07) is 12.2. The van der Waals surface area contributed by atoms with Crippen LogP contribution in [0.2, 0.25) is 0 Å². The molecule has 0 saturated carbocycles. The van der Waals surface area contributed by atoms with Gasteiger partial charge in [0, 0.05) is 44.4 Å². The van der Waals surface area contributed by atoms with Crippen LogP contribution in [0.25, 0.3) is 11.1 Å². The van der Waals surface area contributed by atoms with Crippen LogP contribution in [-0.4, -0.2) is 27.7 Å². The van der Waals surface area contributed by atoms with Crippen molar-refractivity contribution in [1.29, 1.82) is 0 Å². The van der Waals surface area contributed by atoms with E-state index in [1.54, 1.807) is 29.7 Å². The van der Waals surface area contributed by atoms with E-state index in [2.05, 4.69) is 4.90 Å². The second-order valence-corrected chi connectivity index (χ2v) is 8.05. The quantitative estimate of drug-likeness (QED) is 0.671. The average molecular weight is 423 g/mol. The molecule has 1 aliphatic heterocycles. The van der Waals surface area contributed by atoms with E-state index in [0.717, 1.165) is 35.3 Å². The molecule has 162 valence electrons. The third-order valence-electron chi connectivity index (χ3n) is 5.89. The molecule has 4 rings (SSSR count). The van der Waals surface area contributed by atoms with Gasteiger partial charge in [-0.05, 0) is 66.4 Å². The van der Waals surface area contributed by atoms with E-state index in [0.29, 0.717) is 36.6 Å². The maximum Gasteiger partial charge on any atom is 0.258 e. The van der Waals surface area contributed by atoms with E-state index in [9.17, 15) is 14.3 Å². The lowest BCUT2D eigenvalue weighted by atomic mass is 9.98. The lowest BCUT2D eigenvalue weighted by Crippen LogP contribution is -2.35. The van der Waals surface area contributed by atoms with Gasteiger partial charge in [-0.1, -0.05) is 12.1 Å². The fraction of sp³-hybridized carbons (Fsp3) is 0.320. The first-order valence-corrected chi connectivity index (χ1v) is 10.5. The van der Waals surface area contributed by atoms with Crippen LogP contribution in [0, 0.1) is 12.7 Å². The van der Waals surface area contributed by atoms with Crippen molar-refractivity contribution in [1.82, 2.24) is 9.47 Å². The molecule has 2 heterocycles. The fourth-order valence-corrected chi connectivity index (χ4v) is 4.23. The van der Waals surface area contributed by atoms with E-state index >= 15 is 0 Å². The number of fused-ring (bicyclic) bond motifs is 1. The van der Waals surface area contributed by atoms with E-state index in [1.807, 2.05) is 32.2 Å². The Kier molecular flexibility index (Phi) is 5.83. The molecule has 0 saturated heterocycles. The first kappa shape index (κ1) is 21.1. The summed E-state index contributed by atoms with van der Waals surface area (Å²) in [5.41, 5.74) is 5.01. The number of ether oxygens (including phenoxy) is 1. The van der Waals surface area contributed by atoms with Crippen LogP contribution in [0.1, 0.15) is 29.3 Å². The highest BCUT2D eigenvalue weighted by molar-refractivity contribution is 5.64. The molecule has 0 atom stereocenters. The molecule has 0 radical (unpaired) electrons. The van der Waals surface area contributed by atoms with E-state index in [4.69, 9.17) is 4.74 Å². The summed E-state index contributed by atoms with van der Waals surface area (Å²) in [6.07, 6.45) is 0.778. The average Bonchev–Trinajstić information content (AvgIpc) is 2.75. The topological polar surface area (TPSA) is 54.7 Å². The summed E-state index contributed by atoms with van der Waals surface area (Å²) < 4.78 is 20.9. The van der Waals surface area contributed by atoms with Crippen LogP contribution in [0.15, 0.2) is 47.3 Å². The zero-order valence-electron chi connectivity index (χ0n) is 18.1. The Hall–Kier alpha value is -3.12. The predicted molar refractivity (Wildman–Crippen MR) is 119 cm³/mol. The number of aryl methyl sites for hydroxylation is 1. The van der Waals surface area contributed by atoms with Crippen molar-refractivity contribution < 1.29 is 14.2 Å². The SMILES string of the molecule is CCOc1cc(CN2CCc3c(cc(-c4ccc(F)c(C)c4)c(=O)n3C)C2)ccc1O. The Morgan fingerprint density at radius 2 is 1.97 bits per heavy atom. The molecule has 1 N–H and O–H groups in total. The highest BCUT2D eigenvalue weighted by Crippen LogP contribution is 2.29. The zero-order chi connectivity index (χ0) is 22.1. The molecule has 2 aromatic carbocycles. The molecule has 0 spiro atoms. The molecular weight excluding hydrogens is 395 g/mol. The molecule has 5 nitrogen and oxygen atoms in total. The monoisotopic (exact) mass is 422 g/mol. The van der Waals surface area contributed by atoms with Gasteiger partial charge in [-0.2, -0.15) is 0 Å². The number of nitrogens with zero attached hydrogens (tertiary/aromatic N) is 2. The molecule has 0 aliphatic carbocycles. The summed E-state index contributed by atoms with van der Waals surface area (Å²) in [6.45, 7) is 6.35. The number of rotatable bonds is 5. The normalized spacial score (nSPS) is 13.8. The highest BCUT2D eigenvalue weighted by Gasteiger charge is 2.22. The van der Waals surface area contributed by atoms with Crippen molar-refractivity contribution in [3.63, 3.8) is 0 Å². The molecule has 6 heteroatoms. The third-order valence-corrected chi connectivity index (χ3v) is 5.89. The number of phenols is 1. The third kappa shape index (κ3) is 4.21. The number of hydrogen-bond acceptors (Lipinski definition) is 4.